The van der Waals surface area contributed by atoms with Crippen molar-refractivity contribution >= 4 is 16.6 Å². The molecule has 3 heterocycles. The molecule has 1 unspecified atom stereocenters. The van der Waals surface area contributed by atoms with E-state index < -0.39 is 6.04 Å². The molecular formula is C30H31N7O3. The molecule has 0 spiro atoms. The van der Waals surface area contributed by atoms with Crippen LogP contribution < -0.4 is 19.9 Å². The van der Waals surface area contributed by atoms with Crippen LogP contribution in [0.15, 0.2) is 83.7 Å². The van der Waals surface area contributed by atoms with E-state index in [0.29, 0.717) is 17.9 Å². The quantitative estimate of drug-likeness (QED) is 0.321. The first-order chi connectivity index (χ1) is 19.6. The molecule has 0 radical (unpaired) electrons. The Morgan fingerprint density at radius 3 is 2.33 bits per heavy atom. The average molecular weight is 538 g/mol. The second kappa shape index (κ2) is 11.2. The molecule has 5 aromatic rings. The van der Waals surface area contributed by atoms with Crippen LogP contribution in [-0.4, -0.2) is 70.5 Å². The molecule has 1 aliphatic rings. The third-order valence-corrected chi connectivity index (χ3v) is 7.47. The minimum atomic E-state index is -0.439. The number of nitrogens with zero attached hydrogens (tertiary/aromatic N) is 6. The number of anilines is 1. The lowest BCUT2D eigenvalue weighted by Crippen LogP contribution is -2.49. The molecule has 1 N–H and O–H groups in total. The maximum atomic E-state index is 13.6. The summed E-state index contributed by atoms with van der Waals surface area (Å²) in [6.07, 6.45) is 0. The number of benzene rings is 3. The predicted molar refractivity (Wildman–Crippen MR) is 153 cm³/mol. The minimum Gasteiger partial charge on any atom is -0.497 e. The normalized spacial score (nSPS) is 14.8. The largest absolute Gasteiger partial charge is 0.497 e. The van der Waals surface area contributed by atoms with Gasteiger partial charge in [-0.2, -0.15) is 0 Å². The molecule has 2 aromatic heterocycles. The van der Waals surface area contributed by atoms with E-state index in [1.165, 1.54) is 5.69 Å². The highest BCUT2D eigenvalue weighted by Gasteiger charge is 2.33. The van der Waals surface area contributed by atoms with Crippen LogP contribution in [0.1, 0.15) is 23.0 Å². The molecule has 0 aliphatic carbocycles. The number of tetrazole rings is 1. The van der Waals surface area contributed by atoms with Crippen LogP contribution in [0.5, 0.6) is 11.5 Å². The molecule has 3 aromatic carbocycles. The molecule has 204 valence electrons. The van der Waals surface area contributed by atoms with Gasteiger partial charge >= 0.3 is 0 Å². The van der Waals surface area contributed by atoms with Crippen molar-refractivity contribution < 1.29 is 9.47 Å². The van der Waals surface area contributed by atoms with Crippen LogP contribution in [0.25, 0.3) is 10.9 Å². The number of methoxy groups -OCH3 is 2. The van der Waals surface area contributed by atoms with Gasteiger partial charge in [0.25, 0.3) is 5.56 Å². The van der Waals surface area contributed by atoms with E-state index in [9.17, 15) is 4.79 Å². The van der Waals surface area contributed by atoms with Gasteiger partial charge in [0.05, 0.1) is 20.8 Å². The number of nitrogens with one attached hydrogen (secondary N) is 1. The number of aromatic nitrogens is 5. The third kappa shape index (κ3) is 5.13. The number of fused-ring (bicyclic) bond motifs is 1. The third-order valence-electron chi connectivity index (χ3n) is 7.47. The molecule has 1 saturated heterocycles. The van der Waals surface area contributed by atoms with Crippen LogP contribution in [0.3, 0.4) is 0 Å². The summed E-state index contributed by atoms with van der Waals surface area (Å²) >= 11 is 0. The van der Waals surface area contributed by atoms with Crippen molar-refractivity contribution in [1.29, 1.82) is 0 Å². The molecule has 6 rings (SSSR count). The zero-order valence-electron chi connectivity index (χ0n) is 22.5. The van der Waals surface area contributed by atoms with E-state index in [4.69, 9.17) is 9.47 Å². The summed E-state index contributed by atoms with van der Waals surface area (Å²) in [5.41, 5.74) is 3.41. The highest BCUT2D eigenvalue weighted by atomic mass is 16.5. The fourth-order valence-electron chi connectivity index (χ4n) is 5.33. The van der Waals surface area contributed by atoms with Crippen molar-refractivity contribution in [2.45, 2.75) is 12.6 Å². The predicted octanol–water partition coefficient (Wildman–Crippen LogP) is 3.49. The molecule has 0 saturated carbocycles. The average Bonchev–Trinajstić information content (AvgIpc) is 3.46. The standard InChI is InChI=1S/C30H31N7O3/c1-39-24-10-8-21(9-11-24)20-37-29(32-33-34-37)28(36-16-14-35(15-17-36)23-6-4-3-5-7-23)26-19-22-18-25(40-2)12-13-27(22)31-30(26)38/h3-13,18-19,28H,14-17,20H2,1-2H3,(H,31,38). The SMILES string of the molecule is COc1ccc(Cn2nnnc2C(c2cc3cc(OC)ccc3[nH]c2=O)N2CCN(c3ccccc3)CC2)cc1. The van der Waals surface area contributed by atoms with E-state index in [1.54, 1.807) is 18.9 Å². The molecule has 0 bridgehead atoms. The summed E-state index contributed by atoms with van der Waals surface area (Å²) in [5, 5.41) is 13.7. The molecule has 0 amide bonds. The fourth-order valence-corrected chi connectivity index (χ4v) is 5.33. The number of ether oxygens (including phenoxy) is 2. The van der Waals surface area contributed by atoms with Gasteiger partial charge in [-0.1, -0.05) is 30.3 Å². The van der Waals surface area contributed by atoms with Crippen molar-refractivity contribution in [1.82, 2.24) is 30.1 Å². The number of para-hydroxylation sites is 1. The maximum Gasteiger partial charge on any atom is 0.253 e. The minimum absolute atomic E-state index is 0.160. The van der Waals surface area contributed by atoms with Gasteiger partial charge < -0.3 is 19.4 Å². The summed E-state index contributed by atoms with van der Waals surface area (Å²) in [5.74, 6) is 2.13. The summed E-state index contributed by atoms with van der Waals surface area (Å²) in [6.45, 7) is 3.58. The first-order valence-corrected chi connectivity index (χ1v) is 13.3. The number of hydrogen-bond acceptors (Lipinski definition) is 8. The summed E-state index contributed by atoms with van der Waals surface area (Å²) in [6, 6.07) is 25.4. The Morgan fingerprint density at radius 2 is 1.60 bits per heavy atom. The molecular weight excluding hydrogens is 506 g/mol. The van der Waals surface area contributed by atoms with Crippen molar-refractivity contribution in [3.63, 3.8) is 0 Å². The van der Waals surface area contributed by atoms with Gasteiger partial charge in [0.2, 0.25) is 0 Å². The van der Waals surface area contributed by atoms with Crippen LogP contribution in [-0.2, 0) is 6.54 Å². The molecule has 10 heteroatoms. The lowest BCUT2D eigenvalue weighted by molar-refractivity contribution is 0.200. The molecule has 40 heavy (non-hydrogen) atoms. The van der Waals surface area contributed by atoms with E-state index in [2.05, 4.69) is 54.6 Å². The zero-order chi connectivity index (χ0) is 27.5. The van der Waals surface area contributed by atoms with E-state index in [1.807, 2.05) is 54.6 Å². The Morgan fingerprint density at radius 1 is 0.875 bits per heavy atom. The highest BCUT2D eigenvalue weighted by Crippen LogP contribution is 2.30. The maximum absolute atomic E-state index is 13.6. The van der Waals surface area contributed by atoms with Crippen LogP contribution in [0.2, 0.25) is 0 Å². The Bertz CT molecular complexity index is 1640. The summed E-state index contributed by atoms with van der Waals surface area (Å²) < 4.78 is 12.5. The molecule has 10 nitrogen and oxygen atoms in total. The van der Waals surface area contributed by atoms with Gasteiger partial charge in [-0.3, -0.25) is 9.69 Å². The Labute approximate surface area is 231 Å². The topological polar surface area (TPSA) is 101 Å². The lowest BCUT2D eigenvalue weighted by Gasteiger charge is -2.39. The van der Waals surface area contributed by atoms with E-state index in [0.717, 1.165) is 54.1 Å². The van der Waals surface area contributed by atoms with Crippen LogP contribution in [0.4, 0.5) is 5.69 Å². The number of pyridine rings is 1. The van der Waals surface area contributed by atoms with Gasteiger partial charge in [0.15, 0.2) is 5.82 Å². The van der Waals surface area contributed by atoms with Crippen molar-refractivity contribution in [3.8, 4) is 11.5 Å². The van der Waals surface area contributed by atoms with Crippen molar-refractivity contribution in [3.05, 3.63) is 106 Å². The van der Waals surface area contributed by atoms with E-state index in [-0.39, 0.29) is 5.56 Å². The molecule has 1 fully saturated rings. The number of hydrogen-bond donors (Lipinski definition) is 1. The van der Waals surface area contributed by atoms with Gasteiger partial charge in [-0.25, -0.2) is 4.68 Å². The number of aromatic amines is 1. The second-order valence-corrected chi connectivity index (χ2v) is 9.81. The molecule has 1 atom stereocenters. The summed E-state index contributed by atoms with van der Waals surface area (Å²) in [4.78, 5) is 21.3. The number of piperazine rings is 1. The van der Waals surface area contributed by atoms with Crippen molar-refractivity contribution in [2.75, 3.05) is 45.3 Å². The Balaban J connectivity index is 1.38. The first-order valence-electron chi connectivity index (χ1n) is 13.3. The van der Waals surface area contributed by atoms with Gasteiger partial charge in [0, 0.05) is 48.3 Å². The first kappa shape index (κ1) is 25.6. The monoisotopic (exact) mass is 537 g/mol. The number of rotatable bonds is 8. The van der Waals surface area contributed by atoms with Gasteiger partial charge in [-0.15, -0.1) is 5.10 Å². The van der Waals surface area contributed by atoms with E-state index >= 15 is 0 Å². The van der Waals surface area contributed by atoms with Crippen molar-refractivity contribution in [2.24, 2.45) is 0 Å². The fraction of sp³-hybridized carbons (Fsp3) is 0.267. The van der Waals surface area contributed by atoms with Crippen LogP contribution in [0, 0.1) is 0 Å². The lowest BCUT2D eigenvalue weighted by atomic mass is 10.0. The van der Waals surface area contributed by atoms with Gasteiger partial charge in [-0.05, 0) is 64.5 Å². The molecule has 1 aliphatic heterocycles. The van der Waals surface area contributed by atoms with Crippen LogP contribution >= 0.6 is 0 Å². The summed E-state index contributed by atoms with van der Waals surface area (Å²) in [7, 11) is 3.28. The second-order valence-electron chi connectivity index (χ2n) is 9.81. The zero-order valence-corrected chi connectivity index (χ0v) is 22.5. The highest BCUT2D eigenvalue weighted by molar-refractivity contribution is 5.80. The van der Waals surface area contributed by atoms with Gasteiger partial charge in [0.1, 0.15) is 17.5 Å². The smallest absolute Gasteiger partial charge is 0.253 e. The Hall–Kier alpha value is -4.70. The Kier molecular flexibility index (Phi) is 7.15. The number of H-pyrrole nitrogens is 1.